The number of benzene rings is 2. The Morgan fingerprint density at radius 1 is 1.12 bits per heavy atom. The number of nitrogens with zero attached hydrogens (tertiary/aromatic N) is 1. The van der Waals surface area contributed by atoms with Crippen molar-refractivity contribution in [1.82, 2.24) is 4.98 Å². The highest BCUT2D eigenvalue weighted by Gasteiger charge is 2.09. The number of halogens is 1. The molecule has 3 aromatic rings. The monoisotopic (exact) mass is 353 g/mol. The average molecular weight is 354 g/mol. The lowest BCUT2D eigenvalue weighted by atomic mass is 10.1. The Balaban J connectivity index is 1.84. The van der Waals surface area contributed by atoms with Crippen molar-refractivity contribution in [3.63, 3.8) is 0 Å². The zero-order valence-electron chi connectivity index (χ0n) is 14.0. The Bertz CT molecular complexity index is 892. The van der Waals surface area contributed by atoms with Crippen molar-refractivity contribution >= 4 is 34.7 Å². The van der Waals surface area contributed by atoms with Gasteiger partial charge in [-0.15, -0.1) is 0 Å². The van der Waals surface area contributed by atoms with Gasteiger partial charge in [0.1, 0.15) is 6.10 Å². The third-order valence-corrected chi connectivity index (χ3v) is 4.17. The molecule has 2 aromatic carbocycles. The van der Waals surface area contributed by atoms with E-state index in [1.165, 1.54) is 0 Å². The molecule has 3 nitrogen and oxygen atoms in total. The maximum absolute atomic E-state index is 9.47. The Morgan fingerprint density at radius 2 is 1.96 bits per heavy atom. The molecule has 128 valence electrons. The number of aliphatic hydroxyl groups is 1. The molecule has 25 heavy (non-hydrogen) atoms. The van der Waals surface area contributed by atoms with E-state index in [0.29, 0.717) is 11.6 Å². The van der Waals surface area contributed by atoms with Gasteiger partial charge in [0.15, 0.2) is 0 Å². The molecule has 0 saturated carbocycles. The maximum atomic E-state index is 9.47. The van der Waals surface area contributed by atoms with E-state index >= 15 is 0 Å². The van der Waals surface area contributed by atoms with E-state index in [9.17, 15) is 5.11 Å². The Kier molecular flexibility index (Phi) is 5.82. The molecule has 4 heteroatoms. The van der Waals surface area contributed by atoms with Crippen molar-refractivity contribution in [2.45, 2.75) is 13.0 Å². The molecule has 1 heterocycles. The molecule has 0 fully saturated rings. The van der Waals surface area contributed by atoms with Crippen LogP contribution in [0.1, 0.15) is 29.8 Å². The SMILES string of the molecule is CCOC(CO)c1cccc(/C=C/c2ccc3ccc(Cl)cc3n2)c1. The number of aromatic nitrogens is 1. The molecule has 0 saturated heterocycles. The van der Waals surface area contributed by atoms with Crippen LogP contribution in [0.2, 0.25) is 5.02 Å². The smallest absolute Gasteiger partial charge is 0.106 e. The quantitative estimate of drug-likeness (QED) is 0.668. The fourth-order valence-electron chi connectivity index (χ4n) is 2.70. The van der Waals surface area contributed by atoms with Crippen LogP contribution in [0.15, 0.2) is 54.6 Å². The molecule has 0 spiro atoms. The van der Waals surface area contributed by atoms with Crippen LogP contribution in [-0.2, 0) is 4.74 Å². The molecule has 0 amide bonds. The van der Waals surface area contributed by atoms with Gasteiger partial charge < -0.3 is 9.84 Å². The van der Waals surface area contributed by atoms with Gasteiger partial charge in [0, 0.05) is 17.0 Å². The van der Waals surface area contributed by atoms with Gasteiger partial charge in [0.2, 0.25) is 0 Å². The molecule has 1 atom stereocenters. The summed E-state index contributed by atoms with van der Waals surface area (Å²) >= 11 is 6.04. The second-order valence-corrected chi connectivity index (χ2v) is 6.14. The minimum atomic E-state index is -0.292. The molecular formula is C21H20ClNO2. The summed E-state index contributed by atoms with van der Waals surface area (Å²) in [5.74, 6) is 0. The normalized spacial score (nSPS) is 12.8. The molecule has 0 radical (unpaired) electrons. The number of aliphatic hydroxyl groups excluding tert-OH is 1. The Labute approximate surface area is 152 Å². The Morgan fingerprint density at radius 3 is 2.76 bits per heavy atom. The van der Waals surface area contributed by atoms with Gasteiger partial charge in [-0.25, -0.2) is 4.98 Å². The number of hydrogen-bond acceptors (Lipinski definition) is 3. The van der Waals surface area contributed by atoms with Crippen LogP contribution in [0.4, 0.5) is 0 Å². The summed E-state index contributed by atoms with van der Waals surface area (Å²) in [6.45, 7) is 2.45. The summed E-state index contributed by atoms with van der Waals surface area (Å²) in [6.07, 6.45) is 3.68. The van der Waals surface area contributed by atoms with Gasteiger partial charge in [-0.05, 0) is 48.4 Å². The third-order valence-electron chi connectivity index (χ3n) is 3.94. The molecular weight excluding hydrogens is 334 g/mol. The van der Waals surface area contributed by atoms with Crippen LogP contribution in [0.3, 0.4) is 0 Å². The molecule has 1 aromatic heterocycles. The molecule has 1 unspecified atom stereocenters. The van der Waals surface area contributed by atoms with Gasteiger partial charge in [0.25, 0.3) is 0 Å². The fourth-order valence-corrected chi connectivity index (χ4v) is 2.87. The van der Waals surface area contributed by atoms with Crippen LogP contribution in [-0.4, -0.2) is 23.3 Å². The van der Waals surface area contributed by atoms with Gasteiger partial charge >= 0.3 is 0 Å². The summed E-state index contributed by atoms with van der Waals surface area (Å²) < 4.78 is 5.56. The predicted octanol–water partition coefficient (Wildman–Crippen LogP) is 5.13. The number of rotatable bonds is 6. The fraction of sp³-hybridized carbons (Fsp3) is 0.190. The van der Waals surface area contributed by atoms with Crippen LogP contribution in [0.25, 0.3) is 23.1 Å². The summed E-state index contributed by atoms with van der Waals surface area (Å²) in [6, 6.07) is 17.7. The lowest BCUT2D eigenvalue weighted by molar-refractivity contribution is 0.0189. The first kappa shape index (κ1) is 17.6. The number of hydrogen-bond donors (Lipinski definition) is 1. The Hall–Kier alpha value is -2.20. The van der Waals surface area contributed by atoms with Crippen molar-refractivity contribution in [3.05, 3.63) is 76.4 Å². The van der Waals surface area contributed by atoms with Crippen molar-refractivity contribution < 1.29 is 9.84 Å². The largest absolute Gasteiger partial charge is 0.393 e. The zero-order valence-corrected chi connectivity index (χ0v) is 14.8. The van der Waals surface area contributed by atoms with E-state index in [-0.39, 0.29) is 12.7 Å². The lowest BCUT2D eigenvalue weighted by Crippen LogP contribution is -2.08. The first-order valence-electron chi connectivity index (χ1n) is 8.26. The van der Waals surface area contributed by atoms with E-state index in [4.69, 9.17) is 16.3 Å². The summed E-state index contributed by atoms with van der Waals surface area (Å²) in [4.78, 5) is 4.62. The van der Waals surface area contributed by atoms with Crippen LogP contribution < -0.4 is 0 Å². The van der Waals surface area contributed by atoms with Gasteiger partial charge in [-0.2, -0.15) is 0 Å². The number of ether oxygens (including phenoxy) is 1. The highest BCUT2D eigenvalue weighted by atomic mass is 35.5. The third kappa shape index (κ3) is 4.45. The van der Waals surface area contributed by atoms with E-state index in [1.54, 1.807) is 0 Å². The van der Waals surface area contributed by atoms with Crippen LogP contribution in [0.5, 0.6) is 0 Å². The van der Waals surface area contributed by atoms with Crippen molar-refractivity contribution in [3.8, 4) is 0 Å². The van der Waals surface area contributed by atoms with E-state index in [1.807, 2.05) is 73.7 Å². The molecule has 3 rings (SSSR count). The summed E-state index contributed by atoms with van der Waals surface area (Å²) in [7, 11) is 0. The molecule has 0 bridgehead atoms. The second kappa shape index (κ2) is 8.26. The highest BCUT2D eigenvalue weighted by Crippen LogP contribution is 2.21. The van der Waals surface area contributed by atoms with Crippen molar-refractivity contribution in [2.75, 3.05) is 13.2 Å². The maximum Gasteiger partial charge on any atom is 0.106 e. The first-order chi connectivity index (χ1) is 12.2. The molecule has 0 aliphatic rings. The predicted molar refractivity (Wildman–Crippen MR) is 104 cm³/mol. The van der Waals surface area contributed by atoms with E-state index in [0.717, 1.165) is 27.7 Å². The van der Waals surface area contributed by atoms with Gasteiger partial charge in [-0.3, -0.25) is 0 Å². The molecule has 0 aliphatic carbocycles. The minimum absolute atomic E-state index is 0.0337. The van der Waals surface area contributed by atoms with Crippen LogP contribution in [0, 0.1) is 0 Å². The van der Waals surface area contributed by atoms with Crippen LogP contribution >= 0.6 is 11.6 Å². The molecule has 1 N–H and O–H groups in total. The minimum Gasteiger partial charge on any atom is -0.393 e. The number of pyridine rings is 1. The van der Waals surface area contributed by atoms with E-state index in [2.05, 4.69) is 4.98 Å². The summed E-state index contributed by atoms with van der Waals surface area (Å²) in [5.41, 5.74) is 3.73. The topological polar surface area (TPSA) is 42.4 Å². The van der Waals surface area contributed by atoms with E-state index < -0.39 is 0 Å². The lowest BCUT2D eigenvalue weighted by Gasteiger charge is -2.14. The second-order valence-electron chi connectivity index (χ2n) is 5.70. The zero-order chi connectivity index (χ0) is 17.6. The van der Waals surface area contributed by atoms with Gasteiger partial charge in [0.05, 0.1) is 17.8 Å². The van der Waals surface area contributed by atoms with Gasteiger partial charge in [-0.1, -0.05) is 48.0 Å². The number of fused-ring (bicyclic) bond motifs is 1. The summed E-state index contributed by atoms with van der Waals surface area (Å²) in [5, 5.41) is 11.2. The van der Waals surface area contributed by atoms with Crippen molar-refractivity contribution in [2.24, 2.45) is 0 Å². The average Bonchev–Trinajstić information content (AvgIpc) is 2.64. The molecule has 0 aliphatic heterocycles. The standard InChI is InChI=1S/C21H20ClNO2/c1-2-25-21(14-24)17-5-3-4-15(12-17)6-10-19-11-8-16-7-9-18(22)13-20(16)23-19/h3-13,21,24H,2,14H2,1H3/b10-6+. The van der Waals surface area contributed by atoms with Crippen molar-refractivity contribution in [1.29, 1.82) is 0 Å². The first-order valence-corrected chi connectivity index (χ1v) is 8.64. The highest BCUT2D eigenvalue weighted by molar-refractivity contribution is 6.31.